The van der Waals surface area contributed by atoms with Gasteiger partial charge in [-0.25, -0.2) is 18.1 Å². The van der Waals surface area contributed by atoms with Gasteiger partial charge in [0.25, 0.3) is 0 Å². The van der Waals surface area contributed by atoms with Gasteiger partial charge in [0.15, 0.2) is 5.82 Å². The number of nitrogens with zero attached hydrogens (tertiary/aromatic N) is 5. The highest BCUT2D eigenvalue weighted by Gasteiger charge is 2.33. The number of hydrogen-bond donors (Lipinski definition) is 0. The van der Waals surface area contributed by atoms with Gasteiger partial charge in [0.2, 0.25) is 0 Å². The summed E-state index contributed by atoms with van der Waals surface area (Å²) in [6, 6.07) is 8.20. The lowest BCUT2D eigenvalue weighted by atomic mass is 10.0. The Kier molecular flexibility index (Phi) is 5.68. The molecule has 4 heterocycles. The maximum absolute atomic E-state index is 11.5. The van der Waals surface area contributed by atoms with Gasteiger partial charge in [-0.2, -0.15) is 5.10 Å². The van der Waals surface area contributed by atoms with Crippen LogP contribution in [0.3, 0.4) is 0 Å². The van der Waals surface area contributed by atoms with Crippen molar-refractivity contribution in [1.82, 2.24) is 19.7 Å². The number of sulfone groups is 1. The second-order valence-electron chi connectivity index (χ2n) is 8.46. The smallest absolute Gasteiger partial charge is 0.163 e. The number of anilines is 1. The average molecular weight is 474 g/mol. The molecule has 0 fully saturated rings. The summed E-state index contributed by atoms with van der Waals surface area (Å²) in [7, 11) is -1.23. The molecule has 0 bridgehead atoms. The summed E-state index contributed by atoms with van der Waals surface area (Å²) in [6.45, 7) is 4.06. The lowest BCUT2D eigenvalue weighted by Crippen LogP contribution is -2.32. The Labute approximate surface area is 192 Å². The van der Waals surface area contributed by atoms with Gasteiger partial charge in [-0.3, -0.25) is 4.90 Å². The summed E-state index contributed by atoms with van der Waals surface area (Å²) in [6.07, 6.45) is 4.57. The van der Waals surface area contributed by atoms with E-state index >= 15 is 0 Å². The minimum absolute atomic E-state index is 0.246. The molecular weight excluding hydrogens is 446 g/mol. The number of ether oxygens (including phenoxy) is 1. The number of hydrogen-bond acceptors (Lipinski definition) is 8. The number of benzene rings is 1. The van der Waals surface area contributed by atoms with Crippen LogP contribution in [-0.4, -0.2) is 60.3 Å². The Morgan fingerprint density at radius 3 is 2.78 bits per heavy atom. The Bertz CT molecular complexity index is 1220. The molecular formula is C22H27N5O3S2. The van der Waals surface area contributed by atoms with Crippen molar-refractivity contribution in [3.05, 3.63) is 46.6 Å². The monoisotopic (exact) mass is 473 g/mol. The Morgan fingerprint density at radius 2 is 2.03 bits per heavy atom. The van der Waals surface area contributed by atoms with Crippen LogP contribution in [0.25, 0.3) is 11.4 Å². The highest BCUT2D eigenvalue weighted by Crippen LogP contribution is 2.47. The van der Waals surface area contributed by atoms with Gasteiger partial charge < -0.3 is 9.64 Å². The molecule has 0 spiro atoms. The molecule has 0 saturated carbocycles. The molecule has 32 heavy (non-hydrogen) atoms. The quantitative estimate of drug-likeness (QED) is 0.522. The van der Waals surface area contributed by atoms with Crippen molar-refractivity contribution in [3.8, 4) is 17.1 Å². The van der Waals surface area contributed by atoms with E-state index in [4.69, 9.17) is 4.74 Å². The second kappa shape index (κ2) is 8.49. The zero-order chi connectivity index (χ0) is 22.3. The Balaban J connectivity index is 1.40. The van der Waals surface area contributed by atoms with Gasteiger partial charge in [0.05, 0.1) is 18.4 Å². The minimum Gasteiger partial charge on any atom is -0.497 e. The maximum Gasteiger partial charge on any atom is 0.163 e. The van der Waals surface area contributed by atoms with Crippen LogP contribution in [0.1, 0.15) is 22.4 Å². The molecule has 0 atom stereocenters. The van der Waals surface area contributed by atoms with E-state index in [1.165, 1.54) is 32.8 Å². The van der Waals surface area contributed by atoms with E-state index in [0.717, 1.165) is 44.2 Å². The van der Waals surface area contributed by atoms with Crippen LogP contribution >= 0.6 is 11.3 Å². The third-order valence-corrected chi connectivity index (χ3v) is 8.38. The van der Waals surface area contributed by atoms with Gasteiger partial charge >= 0.3 is 0 Å². The summed E-state index contributed by atoms with van der Waals surface area (Å²) in [4.78, 5) is 10.7. The Hall–Kier alpha value is -2.43. The normalized spacial score (nSPS) is 15.9. The molecule has 0 saturated heterocycles. The number of rotatable bonds is 7. The van der Waals surface area contributed by atoms with Crippen LogP contribution in [0.5, 0.6) is 5.75 Å². The molecule has 0 radical (unpaired) electrons. The van der Waals surface area contributed by atoms with E-state index in [1.807, 2.05) is 28.2 Å². The Morgan fingerprint density at radius 1 is 1.22 bits per heavy atom. The molecule has 3 aromatic rings. The molecule has 10 heteroatoms. The first kappa shape index (κ1) is 21.4. The third kappa shape index (κ3) is 4.26. The average Bonchev–Trinajstić information content (AvgIpc) is 3.37. The van der Waals surface area contributed by atoms with Gasteiger partial charge in [-0.05, 0) is 42.6 Å². The summed E-state index contributed by atoms with van der Waals surface area (Å²) < 4.78 is 30.2. The minimum atomic E-state index is -2.91. The van der Waals surface area contributed by atoms with Crippen LogP contribution < -0.4 is 9.64 Å². The van der Waals surface area contributed by atoms with E-state index in [2.05, 4.69) is 32.0 Å². The number of methoxy groups -OCH3 is 1. The van der Waals surface area contributed by atoms with Crippen LogP contribution in [0.4, 0.5) is 5.00 Å². The molecule has 2 aliphatic heterocycles. The van der Waals surface area contributed by atoms with Gasteiger partial charge in [-0.1, -0.05) is 12.1 Å². The van der Waals surface area contributed by atoms with Crippen LogP contribution in [0.2, 0.25) is 0 Å². The number of thiophene rings is 1. The summed E-state index contributed by atoms with van der Waals surface area (Å²) in [5.41, 5.74) is 3.81. The molecule has 1 aromatic carbocycles. The molecule has 0 amide bonds. The van der Waals surface area contributed by atoms with Crippen molar-refractivity contribution < 1.29 is 13.2 Å². The molecule has 170 valence electrons. The second-order valence-corrected chi connectivity index (χ2v) is 11.8. The predicted molar refractivity (Wildman–Crippen MR) is 126 cm³/mol. The first-order valence-corrected chi connectivity index (χ1v) is 13.6. The largest absolute Gasteiger partial charge is 0.497 e. The van der Waals surface area contributed by atoms with Crippen molar-refractivity contribution in [2.24, 2.45) is 0 Å². The molecule has 0 N–H and O–H groups in total. The predicted octanol–water partition coefficient (Wildman–Crippen LogP) is 2.79. The lowest BCUT2D eigenvalue weighted by molar-refractivity contribution is 0.258. The molecule has 5 rings (SSSR count). The summed E-state index contributed by atoms with van der Waals surface area (Å²) in [5, 5.41) is 5.72. The van der Waals surface area contributed by atoms with Crippen molar-refractivity contribution in [3.63, 3.8) is 0 Å². The van der Waals surface area contributed by atoms with Crippen LogP contribution in [0, 0.1) is 0 Å². The summed E-state index contributed by atoms with van der Waals surface area (Å²) >= 11 is 1.84. The first-order chi connectivity index (χ1) is 15.4. The van der Waals surface area contributed by atoms with Crippen molar-refractivity contribution in [1.29, 1.82) is 0 Å². The highest BCUT2D eigenvalue weighted by atomic mass is 32.2. The fraction of sp³-hybridized carbons (Fsp3) is 0.455. The number of fused-ring (bicyclic) bond motifs is 5. The summed E-state index contributed by atoms with van der Waals surface area (Å²) in [5.74, 6) is 2.05. The van der Waals surface area contributed by atoms with E-state index in [1.54, 1.807) is 13.4 Å². The van der Waals surface area contributed by atoms with Crippen LogP contribution in [0.15, 0.2) is 30.6 Å². The highest BCUT2D eigenvalue weighted by molar-refractivity contribution is 7.90. The SMILES string of the molecule is COc1ccc(CN2Cn3ncnc3-c3c2sc2c3CCN(CCCS(C)(=O)=O)C2)cc1. The van der Waals surface area contributed by atoms with E-state index < -0.39 is 9.84 Å². The van der Waals surface area contributed by atoms with Crippen molar-refractivity contribution in [2.75, 3.05) is 37.1 Å². The fourth-order valence-corrected chi connectivity index (χ4v) is 6.53. The molecule has 0 aliphatic carbocycles. The topological polar surface area (TPSA) is 80.6 Å². The van der Waals surface area contributed by atoms with Gasteiger partial charge in [-0.15, -0.1) is 11.3 Å². The molecule has 2 aromatic heterocycles. The van der Waals surface area contributed by atoms with Crippen molar-refractivity contribution >= 4 is 26.2 Å². The van der Waals surface area contributed by atoms with Crippen LogP contribution in [-0.2, 0) is 36.0 Å². The van der Waals surface area contributed by atoms with Gasteiger partial charge in [0.1, 0.15) is 33.6 Å². The number of aromatic nitrogens is 3. The fourth-order valence-electron chi connectivity index (χ4n) is 4.50. The van der Waals surface area contributed by atoms with E-state index in [0.29, 0.717) is 13.1 Å². The lowest BCUT2D eigenvalue weighted by Gasteiger charge is -2.30. The zero-order valence-corrected chi connectivity index (χ0v) is 20.0. The maximum atomic E-state index is 11.5. The third-order valence-electron chi connectivity index (χ3n) is 6.07. The molecule has 8 nitrogen and oxygen atoms in total. The van der Waals surface area contributed by atoms with E-state index in [-0.39, 0.29) is 5.75 Å². The zero-order valence-electron chi connectivity index (χ0n) is 18.3. The van der Waals surface area contributed by atoms with Crippen molar-refractivity contribution in [2.45, 2.75) is 32.6 Å². The standard InChI is InChI=1S/C22H27N5O3S2/c1-30-17-6-4-16(5-7-17)12-26-15-27-21(23-14-24-27)20-18-8-10-25(9-3-11-32(2,28)29)13-19(18)31-22(20)26/h4-7,14H,3,8-13,15H2,1-2H3. The van der Waals surface area contributed by atoms with E-state index in [9.17, 15) is 8.42 Å². The molecule has 0 unspecified atom stereocenters. The first-order valence-electron chi connectivity index (χ1n) is 10.7. The van der Waals surface area contributed by atoms with Gasteiger partial charge in [0, 0.05) is 30.8 Å². The molecule has 2 aliphatic rings.